The van der Waals surface area contributed by atoms with Crippen LogP contribution in [0.4, 0.5) is 5.69 Å². The highest BCUT2D eigenvalue weighted by Gasteiger charge is 2.45. The fourth-order valence-corrected chi connectivity index (χ4v) is 3.51. The molecular formula is C18H18BrNO2. The van der Waals surface area contributed by atoms with Gasteiger partial charge in [0.15, 0.2) is 0 Å². The molecule has 1 unspecified atom stereocenters. The van der Waals surface area contributed by atoms with Crippen LogP contribution in [0.25, 0.3) is 0 Å². The fourth-order valence-electron chi connectivity index (χ4n) is 3.10. The monoisotopic (exact) mass is 359 g/mol. The minimum atomic E-state index is -0.904. The van der Waals surface area contributed by atoms with Gasteiger partial charge in [0.2, 0.25) is 0 Å². The van der Waals surface area contributed by atoms with E-state index in [4.69, 9.17) is 0 Å². The summed E-state index contributed by atoms with van der Waals surface area (Å²) in [6.07, 6.45) is 0.533. The summed E-state index contributed by atoms with van der Waals surface area (Å²) in [6, 6.07) is 14.0. The topological polar surface area (TPSA) is 40.5 Å². The van der Waals surface area contributed by atoms with Crippen molar-refractivity contribution in [2.24, 2.45) is 0 Å². The molecule has 0 radical (unpaired) electrons. The molecule has 0 saturated heterocycles. The number of benzene rings is 2. The number of anilines is 1. The summed E-state index contributed by atoms with van der Waals surface area (Å²) in [4.78, 5) is 13.9. The van der Waals surface area contributed by atoms with E-state index in [0.717, 1.165) is 26.9 Å². The van der Waals surface area contributed by atoms with Crippen LogP contribution in [0.1, 0.15) is 23.6 Å². The lowest BCUT2D eigenvalue weighted by atomic mass is 9.96. The zero-order valence-corrected chi connectivity index (χ0v) is 14.2. The van der Waals surface area contributed by atoms with Crippen molar-refractivity contribution in [3.63, 3.8) is 0 Å². The molecule has 1 aliphatic heterocycles. The molecule has 114 valence electrons. The number of hydrogen-bond donors (Lipinski definition) is 1. The zero-order chi connectivity index (χ0) is 15.9. The zero-order valence-electron chi connectivity index (χ0n) is 12.6. The molecule has 22 heavy (non-hydrogen) atoms. The Balaban J connectivity index is 2.06. The van der Waals surface area contributed by atoms with Gasteiger partial charge >= 0.3 is 5.97 Å². The minimum Gasteiger partial charge on any atom is -0.479 e. The standard InChI is InChI=1S/C18H18BrNO2/c1-12-14(7-5-8-15(12)19)11-20-16-9-4-3-6-13(16)10-18(20,2)17(21)22/h3-9H,10-11H2,1-2H3,(H,21,22). The molecule has 0 amide bonds. The van der Waals surface area contributed by atoms with Crippen LogP contribution in [0.15, 0.2) is 46.9 Å². The van der Waals surface area contributed by atoms with Gasteiger partial charge in [0.05, 0.1) is 0 Å². The molecule has 1 N–H and O–H groups in total. The summed E-state index contributed by atoms with van der Waals surface area (Å²) in [5, 5.41) is 9.77. The molecule has 0 bridgehead atoms. The van der Waals surface area contributed by atoms with Crippen molar-refractivity contribution in [3.8, 4) is 0 Å². The predicted octanol–water partition coefficient (Wildman–Crippen LogP) is 4.16. The molecule has 3 nitrogen and oxygen atoms in total. The molecule has 0 fully saturated rings. The quantitative estimate of drug-likeness (QED) is 0.894. The summed E-state index contributed by atoms with van der Waals surface area (Å²) in [5.74, 6) is -0.781. The van der Waals surface area contributed by atoms with Crippen molar-refractivity contribution >= 4 is 27.6 Å². The molecule has 0 aromatic heterocycles. The number of fused-ring (bicyclic) bond motifs is 1. The van der Waals surface area contributed by atoms with Gasteiger partial charge in [-0.05, 0) is 42.7 Å². The van der Waals surface area contributed by atoms with Crippen LogP contribution in [0.5, 0.6) is 0 Å². The lowest BCUT2D eigenvalue weighted by molar-refractivity contribution is -0.142. The Hall–Kier alpha value is -1.81. The summed E-state index contributed by atoms with van der Waals surface area (Å²) < 4.78 is 1.05. The van der Waals surface area contributed by atoms with E-state index in [1.165, 1.54) is 0 Å². The third kappa shape index (κ3) is 2.31. The molecule has 2 aromatic carbocycles. The first kappa shape index (κ1) is 15.1. The van der Waals surface area contributed by atoms with Crippen molar-refractivity contribution in [2.45, 2.75) is 32.4 Å². The number of rotatable bonds is 3. The molecule has 1 heterocycles. The molecule has 4 heteroatoms. The van der Waals surface area contributed by atoms with Gasteiger partial charge in [-0.1, -0.05) is 46.3 Å². The lowest BCUT2D eigenvalue weighted by Gasteiger charge is -2.34. The molecular weight excluding hydrogens is 342 g/mol. The molecule has 0 spiro atoms. The Morgan fingerprint density at radius 3 is 2.73 bits per heavy atom. The SMILES string of the molecule is Cc1c(Br)cccc1CN1c2ccccc2CC1(C)C(=O)O. The Morgan fingerprint density at radius 2 is 2.00 bits per heavy atom. The summed E-state index contributed by atoms with van der Waals surface area (Å²) in [5.41, 5.74) is 3.50. The van der Waals surface area contributed by atoms with E-state index < -0.39 is 11.5 Å². The van der Waals surface area contributed by atoms with Crippen LogP contribution in [0, 0.1) is 6.92 Å². The van der Waals surface area contributed by atoms with E-state index in [1.54, 1.807) is 0 Å². The number of carboxylic acid groups (broad SMARTS) is 1. The van der Waals surface area contributed by atoms with E-state index in [9.17, 15) is 9.90 Å². The van der Waals surface area contributed by atoms with E-state index in [2.05, 4.69) is 28.9 Å². The Morgan fingerprint density at radius 1 is 1.27 bits per heavy atom. The Kier molecular flexibility index (Phi) is 3.73. The number of nitrogens with zero attached hydrogens (tertiary/aromatic N) is 1. The second-order valence-corrected chi connectivity index (χ2v) is 6.85. The summed E-state index contributed by atoms with van der Waals surface area (Å²) >= 11 is 3.55. The van der Waals surface area contributed by atoms with Crippen molar-refractivity contribution in [1.29, 1.82) is 0 Å². The average molecular weight is 360 g/mol. The molecule has 0 aliphatic carbocycles. The smallest absolute Gasteiger partial charge is 0.329 e. The Labute approximate surface area is 138 Å². The van der Waals surface area contributed by atoms with Gasteiger partial charge < -0.3 is 10.0 Å². The van der Waals surface area contributed by atoms with Crippen LogP contribution < -0.4 is 4.90 Å². The van der Waals surface area contributed by atoms with E-state index in [1.807, 2.05) is 48.2 Å². The van der Waals surface area contributed by atoms with E-state index in [0.29, 0.717) is 13.0 Å². The van der Waals surface area contributed by atoms with Gasteiger partial charge in [0, 0.05) is 23.1 Å². The second kappa shape index (κ2) is 5.43. The maximum Gasteiger partial charge on any atom is 0.329 e. The highest BCUT2D eigenvalue weighted by atomic mass is 79.9. The van der Waals surface area contributed by atoms with Gasteiger partial charge in [-0.15, -0.1) is 0 Å². The number of carboxylic acids is 1. The van der Waals surface area contributed by atoms with Crippen molar-refractivity contribution in [2.75, 3.05) is 4.90 Å². The van der Waals surface area contributed by atoms with Gasteiger partial charge in [-0.25, -0.2) is 4.79 Å². The lowest BCUT2D eigenvalue weighted by Crippen LogP contribution is -2.50. The van der Waals surface area contributed by atoms with Crippen LogP contribution >= 0.6 is 15.9 Å². The maximum absolute atomic E-state index is 11.9. The third-order valence-corrected chi connectivity index (χ3v) is 5.44. The highest BCUT2D eigenvalue weighted by Crippen LogP contribution is 2.40. The number of hydrogen-bond acceptors (Lipinski definition) is 2. The van der Waals surface area contributed by atoms with Crippen LogP contribution in [-0.4, -0.2) is 16.6 Å². The first-order valence-electron chi connectivity index (χ1n) is 7.26. The molecule has 2 aromatic rings. The molecule has 0 saturated carbocycles. The summed E-state index contributed by atoms with van der Waals surface area (Å²) in [7, 11) is 0. The Bertz CT molecular complexity index is 744. The predicted molar refractivity (Wildman–Crippen MR) is 91.2 cm³/mol. The normalized spacial score (nSPS) is 20.0. The largest absolute Gasteiger partial charge is 0.479 e. The maximum atomic E-state index is 11.9. The van der Waals surface area contributed by atoms with Gasteiger partial charge in [0.1, 0.15) is 5.54 Å². The first-order chi connectivity index (χ1) is 10.4. The fraction of sp³-hybridized carbons (Fsp3) is 0.278. The first-order valence-corrected chi connectivity index (χ1v) is 8.06. The van der Waals surface area contributed by atoms with Crippen LogP contribution in [0.2, 0.25) is 0 Å². The molecule has 3 rings (SSSR count). The van der Waals surface area contributed by atoms with E-state index >= 15 is 0 Å². The van der Waals surface area contributed by atoms with Crippen LogP contribution in [0.3, 0.4) is 0 Å². The number of halogens is 1. The van der Waals surface area contributed by atoms with Crippen molar-refractivity contribution in [3.05, 3.63) is 63.6 Å². The summed E-state index contributed by atoms with van der Waals surface area (Å²) in [6.45, 7) is 4.45. The van der Waals surface area contributed by atoms with Gasteiger partial charge in [0.25, 0.3) is 0 Å². The molecule has 1 atom stereocenters. The number of para-hydroxylation sites is 1. The number of carbonyl (C=O) groups is 1. The highest BCUT2D eigenvalue weighted by molar-refractivity contribution is 9.10. The van der Waals surface area contributed by atoms with Gasteiger partial charge in [-0.2, -0.15) is 0 Å². The van der Waals surface area contributed by atoms with Crippen molar-refractivity contribution in [1.82, 2.24) is 0 Å². The molecule has 1 aliphatic rings. The third-order valence-electron chi connectivity index (χ3n) is 4.58. The second-order valence-electron chi connectivity index (χ2n) is 5.99. The van der Waals surface area contributed by atoms with Gasteiger partial charge in [-0.3, -0.25) is 0 Å². The minimum absolute atomic E-state index is 0.533. The average Bonchev–Trinajstić information content (AvgIpc) is 2.78. The van der Waals surface area contributed by atoms with Crippen LogP contribution in [-0.2, 0) is 17.8 Å². The van der Waals surface area contributed by atoms with E-state index in [-0.39, 0.29) is 0 Å². The van der Waals surface area contributed by atoms with Crippen molar-refractivity contribution < 1.29 is 9.90 Å². The number of aliphatic carboxylic acids is 1.